The highest BCUT2D eigenvalue weighted by Crippen LogP contribution is 2.20. The summed E-state index contributed by atoms with van der Waals surface area (Å²) in [7, 11) is 0. The lowest BCUT2D eigenvalue weighted by molar-refractivity contribution is -0.117. The van der Waals surface area contributed by atoms with Gasteiger partial charge in [0, 0.05) is 30.9 Å². The zero-order chi connectivity index (χ0) is 13.9. The summed E-state index contributed by atoms with van der Waals surface area (Å²) < 4.78 is 0. The largest absolute Gasteiger partial charge is 0.325 e. The summed E-state index contributed by atoms with van der Waals surface area (Å²) in [6.45, 7) is 4.57. The zero-order valence-electron chi connectivity index (χ0n) is 12.1. The molecule has 2 N–H and O–H groups in total. The first-order chi connectivity index (χ1) is 9.69. The third kappa shape index (κ3) is 3.38. The molecular weight excluding hydrogens is 250 g/mol. The van der Waals surface area contributed by atoms with Crippen LogP contribution >= 0.6 is 0 Å². The molecule has 1 aromatic rings. The number of rotatable bonds is 3. The van der Waals surface area contributed by atoms with Crippen LogP contribution in [0.4, 0.5) is 5.69 Å². The molecule has 1 amide bonds. The van der Waals surface area contributed by atoms with Gasteiger partial charge in [-0.2, -0.15) is 0 Å². The average Bonchev–Trinajstić information content (AvgIpc) is 2.76. The standard InChI is InChI=1S/C16H23N3O/c1-12-2-4-13(5-3-12)18-16(20)11-19-9-8-14-6-7-15(10-19)17-14/h2-5,14-15,17H,6-11H2,1H3,(H,18,20). The molecule has 2 aliphatic heterocycles. The van der Waals surface area contributed by atoms with E-state index in [0.717, 1.165) is 25.2 Å². The Balaban J connectivity index is 1.52. The van der Waals surface area contributed by atoms with Gasteiger partial charge < -0.3 is 10.6 Å². The van der Waals surface area contributed by atoms with Crippen molar-refractivity contribution in [1.82, 2.24) is 10.2 Å². The van der Waals surface area contributed by atoms with E-state index in [-0.39, 0.29) is 5.91 Å². The Morgan fingerprint density at radius 1 is 1.25 bits per heavy atom. The van der Waals surface area contributed by atoms with E-state index in [1.165, 1.54) is 18.4 Å². The predicted molar refractivity (Wildman–Crippen MR) is 80.8 cm³/mol. The van der Waals surface area contributed by atoms with Crippen LogP contribution < -0.4 is 10.6 Å². The molecular formula is C16H23N3O. The monoisotopic (exact) mass is 273 g/mol. The quantitative estimate of drug-likeness (QED) is 0.882. The zero-order valence-corrected chi connectivity index (χ0v) is 12.1. The highest BCUT2D eigenvalue weighted by atomic mass is 16.2. The Hall–Kier alpha value is -1.39. The Morgan fingerprint density at radius 3 is 2.80 bits per heavy atom. The maximum absolute atomic E-state index is 12.1. The second-order valence-corrected chi connectivity index (χ2v) is 6.08. The van der Waals surface area contributed by atoms with Gasteiger partial charge in [0.1, 0.15) is 0 Å². The molecule has 20 heavy (non-hydrogen) atoms. The number of hydrogen-bond donors (Lipinski definition) is 2. The summed E-state index contributed by atoms with van der Waals surface area (Å²) in [5.74, 6) is 0.0895. The van der Waals surface area contributed by atoms with Crippen molar-refractivity contribution in [3.05, 3.63) is 29.8 Å². The molecule has 4 heteroatoms. The number of carbonyl (C=O) groups is 1. The van der Waals surface area contributed by atoms with E-state index >= 15 is 0 Å². The smallest absolute Gasteiger partial charge is 0.238 e. The molecule has 1 aromatic carbocycles. The van der Waals surface area contributed by atoms with Gasteiger partial charge in [-0.3, -0.25) is 9.69 Å². The van der Waals surface area contributed by atoms with Gasteiger partial charge in [-0.25, -0.2) is 0 Å². The molecule has 2 fully saturated rings. The lowest BCUT2D eigenvalue weighted by Crippen LogP contribution is -2.39. The summed E-state index contributed by atoms with van der Waals surface area (Å²) in [4.78, 5) is 14.4. The van der Waals surface area contributed by atoms with Crippen molar-refractivity contribution in [2.75, 3.05) is 25.0 Å². The Labute approximate surface area is 120 Å². The van der Waals surface area contributed by atoms with Crippen molar-refractivity contribution in [2.45, 2.75) is 38.3 Å². The topological polar surface area (TPSA) is 44.4 Å². The summed E-state index contributed by atoms with van der Waals surface area (Å²) in [6, 6.07) is 9.20. The van der Waals surface area contributed by atoms with Crippen LogP contribution in [-0.4, -0.2) is 42.5 Å². The van der Waals surface area contributed by atoms with Gasteiger partial charge in [0.05, 0.1) is 6.54 Å². The summed E-state index contributed by atoms with van der Waals surface area (Å²) >= 11 is 0. The number of amides is 1. The van der Waals surface area contributed by atoms with Crippen LogP contribution in [0.2, 0.25) is 0 Å². The highest BCUT2D eigenvalue weighted by molar-refractivity contribution is 5.92. The van der Waals surface area contributed by atoms with Gasteiger partial charge in [0.25, 0.3) is 0 Å². The number of fused-ring (bicyclic) bond motifs is 2. The summed E-state index contributed by atoms with van der Waals surface area (Å²) in [5.41, 5.74) is 2.09. The fourth-order valence-corrected chi connectivity index (χ4v) is 3.20. The molecule has 0 spiro atoms. The Bertz CT molecular complexity index is 471. The first-order valence-electron chi connectivity index (χ1n) is 7.54. The van der Waals surface area contributed by atoms with E-state index in [9.17, 15) is 4.79 Å². The molecule has 0 aliphatic carbocycles. The number of anilines is 1. The van der Waals surface area contributed by atoms with Crippen molar-refractivity contribution in [1.29, 1.82) is 0 Å². The van der Waals surface area contributed by atoms with Crippen LogP contribution in [0, 0.1) is 6.92 Å². The van der Waals surface area contributed by atoms with Gasteiger partial charge in [-0.1, -0.05) is 17.7 Å². The van der Waals surface area contributed by atoms with Crippen molar-refractivity contribution in [3.63, 3.8) is 0 Å². The van der Waals surface area contributed by atoms with Gasteiger partial charge in [-0.05, 0) is 38.3 Å². The van der Waals surface area contributed by atoms with E-state index in [1.54, 1.807) is 0 Å². The first-order valence-corrected chi connectivity index (χ1v) is 7.54. The molecule has 3 rings (SSSR count). The molecule has 108 valence electrons. The van der Waals surface area contributed by atoms with Crippen molar-refractivity contribution >= 4 is 11.6 Å². The minimum absolute atomic E-state index is 0.0895. The number of likely N-dealkylation sites (tertiary alicyclic amines) is 1. The number of nitrogens with one attached hydrogen (secondary N) is 2. The van der Waals surface area contributed by atoms with Gasteiger partial charge in [-0.15, -0.1) is 0 Å². The fourth-order valence-electron chi connectivity index (χ4n) is 3.20. The molecule has 2 atom stereocenters. The number of carbonyl (C=O) groups excluding carboxylic acids is 1. The van der Waals surface area contributed by atoms with Crippen molar-refractivity contribution in [3.8, 4) is 0 Å². The SMILES string of the molecule is Cc1ccc(NC(=O)CN2CCC3CCC(C2)N3)cc1. The minimum Gasteiger partial charge on any atom is -0.325 e. The molecule has 0 radical (unpaired) electrons. The average molecular weight is 273 g/mol. The first kappa shape index (κ1) is 13.6. The fraction of sp³-hybridized carbons (Fsp3) is 0.562. The molecule has 2 unspecified atom stereocenters. The molecule has 0 aromatic heterocycles. The lowest BCUT2D eigenvalue weighted by Gasteiger charge is -2.23. The molecule has 2 bridgehead atoms. The normalized spacial score (nSPS) is 26.2. The second kappa shape index (κ2) is 5.94. The third-order valence-corrected chi connectivity index (χ3v) is 4.31. The van der Waals surface area contributed by atoms with E-state index in [4.69, 9.17) is 0 Å². The number of nitrogens with zero attached hydrogens (tertiary/aromatic N) is 1. The van der Waals surface area contributed by atoms with Gasteiger partial charge in [0.15, 0.2) is 0 Å². The minimum atomic E-state index is 0.0895. The number of aryl methyl sites for hydroxylation is 1. The number of hydrogen-bond acceptors (Lipinski definition) is 3. The van der Waals surface area contributed by atoms with Gasteiger partial charge in [0.2, 0.25) is 5.91 Å². The van der Waals surface area contributed by atoms with Crippen LogP contribution in [0.3, 0.4) is 0 Å². The molecule has 2 aliphatic rings. The van der Waals surface area contributed by atoms with Crippen molar-refractivity contribution in [2.24, 2.45) is 0 Å². The molecule has 2 heterocycles. The van der Waals surface area contributed by atoms with Crippen LogP contribution in [0.15, 0.2) is 24.3 Å². The van der Waals surface area contributed by atoms with Crippen LogP contribution in [0.25, 0.3) is 0 Å². The van der Waals surface area contributed by atoms with E-state index in [2.05, 4.69) is 15.5 Å². The predicted octanol–water partition coefficient (Wildman–Crippen LogP) is 1.76. The van der Waals surface area contributed by atoms with E-state index in [1.807, 2.05) is 31.2 Å². The summed E-state index contributed by atoms with van der Waals surface area (Å²) in [5, 5.41) is 6.62. The van der Waals surface area contributed by atoms with E-state index < -0.39 is 0 Å². The van der Waals surface area contributed by atoms with Crippen LogP contribution in [0.1, 0.15) is 24.8 Å². The molecule has 4 nitrogen and oxygen atoms in total. The maximum Gasteiger partial charge on any atom is 0.238 e. The third-order valence-electron chi connectivity index (χ3n) is 4.31. The summed E-state index contributed by atoms with van der Waals surface area (Å²) in [6.07, 6.45) is 3.71. The number of benzene rings is 1. The van der Waals surface area contributed by atoms with E-state index in [0.29, 0.717) is 18.6 Å². The highest BCUT2D eigenvalue weighted by Gasteiger charge is 2.29. The second-order valence-electron chi connectivity index (χ2n) is 6.08. The molecule has 2 saturated heterocycles. The Kier molecular flexibility index (Phi) is 4.03. The Morgan fingerprint density at radius 2 is 2.00 bits per heavy atom. The van der Waals surface area contributed by atoms with Crippen molar-refractivity contribution < 1.29 is 4.79 Å². The van der Waals surface area contributed by atoms with Gasteiger partial charge >= 0.3 is 0 Å². The molecule has 0 saturated carbocycles. The maximum atomic E-state index is 12.1. The van der Waals surface area contributed by atoms with Crippen LogP contribution in [0.5, 0.6) is 0 Å². The lowest BCUT2D eigenvalue weighted by atomic mass is 10.1. The van der Waals surface area contributed by atoms with Crippen LogP contribution in [-0.2, 0) is 4.79 Å².